The highest BCUT2D eigenvalue weighted by Gasteiger charge is 2.37. The lowest BCUT2D eigenvalue weighted by Gasteiger charge is -2.15. The fourth-order valence-electron chi connectivity index (χ4n) is 2.60. The summed E-state index contributed by atoms with van der Waals surface area (Å²) in [5.41, 5.74) is -3.19. The van der Waals surface area contributed by atoms with E-state index in [0.717, 1.165) is 12.1 Å². The standard InChI is InChI=1S/C21H11ClF7NO2/c22-13-1-6-18(23)17(10-13)19(31)30-14-2-4-15(5-3-14)32-16-8-11(20(24,25)26)7-12(9-16)21(27,28)29/h1-10H,(H,30,31). The Labute approximate surface area is 181 Å². The summed E-state index contributed by atoms with van der Waals surface area (Å²) in [6.45, 7) is 0. The van der Waals surface area contributed by atoms with Crippen LogP contribution in [0.2, 0.25) is 5.02 Å². The molecule has 1 N–H and O–H groups in total. The van der Waals surface area contributed by atoms with Gasteiger partial charge in [0.1, 0.15) is 17.3 Å². The Morgan fingerprint density at radius 2 is 1.34 bits per heavy atom. The lowest BCUT2D eigenvalue weighted by atomic mass is 10.1. The number of carbonyl (C=O) groups excluding carboxylic acids is 1. The number of halogens is 8. The van der Waals surface area contributed by atoms with E-state index >= 15 is 0 Å². The van der Waals surface area contributed by atoms with E-state index in [1.807, 2.05) is 0 Å². The normalized spacial score (nSPS) is 11.9. The molecule has 3 nitrogen and oxygen atoms in total. The number of ether oxygens (including phenoxy) is 1. The average Bonchev–Trinajstić information content (AvgIpc) is 2.69. The molecule has 0 unspecified atom stereocenters. The smallest absolute Gasteiger partial charge is 0.416 e. The van der Waals surface area contributed by atoms with E-state index in [1.165, 1.54) is 30.3 Å². The van der Waals surface area contributed by atoms with Crippen LogP contribution in [0.25, 0.3) is 0 Å². The van der Waals surface area contributed by atoms with Crippen LogP contribution in [0.15, 0.2) is 60.7 Å². The third-order valence-corrected chi connectivity index (χ3v) is 4.32. The molecule has 32 heavy (non-hydrogen) atoms. The molecule has 3 aromatic rings. The Morgan fingerprint density at radius 3 is 1.88 bits per heavy atom. The summed E-state index contributed by atoms with van der Waals surface area (Å²) in [7, 11) is 0. The second-order valence-electron chi connectivity index (χ2n) is 6.45. The van der Waals surface area contributed by atoms with Gasteiger partial charge in [-0.1, -0.05) is 11.6 Å². The van der Waals surface area contributed by atoms with Crippen LogP contribution < -0.4 is 10.1 Å². The van der Waals surface area contributed by atoms with Gasteiger partial charge < -0.3 is 10.1 Å². The fourth-order valence-corrected chi connectivity index (χ4v) is 2.77. The summed E-state index contributed by atoms with van der Waals surface area (Å²) in [6.07, 6.45) is -10.0. The van der Waals surface area contributed by atoms with E-state index in [1.54, 1.807) is 0 Å². The molecule has 0 aliphatic carbocycles. The molecule has 0 bridgehead atoms. The molecule has 1 amide bonds. The molecule has 0 aromatic heterocycles. The fraction of sp³-hybridized carbons (Fsp3) is 0.0952. The second-order valence-corrected chi connectivity index (χ2v) is 6.88. The van der Waals surface area contributed by atoms with Gasteiger partial charge in [-0.25, -0.2) is 4.39 Å². The Bertz CT molecular complexity index is 1110. The molecular weight excluding hydrogens is 467 g/mol. The van der Waals surface area contributed by atoms with Gasteiger partial charge in [-0.2, -0.15) is 26.3 Å². The summed E-state index contributed by atoms with van der Waals surface area (Å²) in [5, 5.41) is 2.52. The van der Waals surface area contributed by atoms with Crippen LogP contribution in [-0.4, -0.2) is 5.91 Å². The number of rotatable bonds is 4. The van der Waals surface area contributed by atoms with Gasteiger partial charge in [0.25, 0.3) is 5.91 Å². The molecule has 3 aromatic carbocycles. The monoisotopic (exact) mass is 477 g/mol. The molecule has 11 heteroatoms. The molecule has 0 heterocycles. The third kappa shape index (κ3) is 5.70. The van der Waals surface area contributed by atoms with Gasteiger partial charge in [-0.15, -0.1) is 0 Å². The molecule has 0 radical (unpaired) electrons. The number of hydrogen-bond acceptors (Lipinski definition) is 2. The predicted molar refractivity (Wildman–Crippen MR) is 102 cm³/mol. The van der Waals surface area contributed by atoms with E-state index < -0.39 is 41.0 Å². The van der Waals surface area contributed by atoms with Crippen LogP contribution in [0.1, 0.15) is 21.5 Å². The molecule has 0 saturated carbocycles. The number of nitrogens with one attached hydrogen (secondary N) is 1. The van der Waals surface area contributed by atoms with Gasteiger partial charge in [-0.3, -0.25) is 4.79 Å². The first kappa shape index (κ1) is 23.4. The Morgan fingerprint density at radius 1 is 0.781 bits per heavy atom. The molecule has 168 valence electrons. The lowest BCUT2D eigenvalue weighted by molar-refractivity contribution is -0.143. The zero-order valence-electron chi connectivity index (χ0n) is 15.6. The van der Waals surface area contributed by atoms with Crippen molar-refractivity contribution in [3.63, 3.8) is 0 Å². The van der Waals surface area contributed by atoms with Crippen molar-refractivity contribution in [2.45, 2.75) is 12.4 Å². The van der Waals surface area contributed by atoms with E-state index in [0.29, 0.717) is 12.1 Å². The third-order valence-electron chi connectivity index (χ3n) is 4.08. The maximum atomic E-state index is 13.8. The quantitative estimate of drug-likeness (QED) is 0.394. The number of amides is 1. The van der Waals surface area contributed by atoms with Crippen molar-refractivity contribution in [1.82, 2.24) is 0 Å². The van der Waals surface area contributed by atoms with E-state index in [4.69, 9.17) is 16.3 Å². The predicted octanol–water partition coefficient (Wildman–Crippen LogP) is 7.56. The summed E-state index contributed by atoms with van der Waals surface area (Å²) < 4.78 is 96.6. The lowest BCUT2D eigenvalue weighted by Crippen LogP contribution is -2.13. The van der Waals surface area contributed by atoms with Crippen molar-refractivity contribution in [2.75, 3.05) is 5.32 Å². The van der Waals surface area contributed by atoms with Gasteiger partial charge >= 0.3 is 12.4 Å². The van der Waals surface area contributed by atoms with Gasteiger partial charge in [0, 0.05) is 10.7 Å². The van der Waals surface area contributed by atoms with E-state index in [-0.39, 0.29) is 28.1 Å². The molecule has 0 spiro atoms. The largest absolute Gasteiger partial charge is 0.457 e. The topological polar surface area (TPSA) is 38.3 Å². The highest BCUT2D eigenvalue weighted by atomic mass is 35.5. The number of benzene rings is 3. The first-order valence-electron chi connectivity index (χ1n) is 8.67. The first-order valence-corrected chi connectivity index (χ1v) is 9.04. The SMILES string of the molecule is O=C(Nc1ccc(Oc2cc(C(F)(F)F)cc(C(F)(F)F)c2)cc1)c1cc(Cl)ccc1F. The van der Waals surface area contributed by atoms with Gasteiger partial charge in [0.05, 0.1) is 16.7 Å². The molecule has 3 rings (SSSR count). The molecule has 0 atom stereocenters. The zero-order valence-corrected chi connectivity index (χ0v) is 16.4. The summed E-state index contributed by atoms with van der Waals surface area (Å²) in [6, 6.07) is 9.21. The van der Waals surface area contributed by atoms with Gasteiger partial charge in [-0.05, 0) is 60.7 Å². The Hall–Kier alpha value is -3.27. The van der Waals surface area contributed by atoms with Crippen LogP contribution in [-0.2, 0) is 12.4 Å². The summed E-state index contributed by atoms with van der Waals surface area (Å²) >= 11 is 5.74. The minimum absolute atomic E-state index is 0.0134. The highest BCUT2D eigenvalue weighted by Crippen LogP contribution is 2.39. The zero-order chi connectivity index (χ0) is 23.7. The first-order chi connectivity index (χ1) is 14.8. The van der Waals surface area contributed by atoms with E-state index in [9.17, 15) is 35.5 Å². The van der Waals surface area contributed by atoms with Crippen LogP contribution in [0.5, 0.6) is 11.5 Å². The van der Waals surface area contributed by atoms with Crippen LogP contribution in [0.3, 0.4) is 0 Å². The van der Waals surface area contributed by atoms with E-state index in [2.05, 4.69) is 5.32 Å². The number of carbonyl (C=O) groups is 1. The maximum Gasteiger partial charge on any atom is 0.416 e. The molecule has 0 aliphatic rings. The molecule has 0 aliphatic heterocycles. The van der Waals surface area contributed by atoms with Crippen LogP contribution in [0.4, 0.5) is 36.4 Å². The summed E-state index contributed by atoms with van der Waals surface area (Å²) in [4.78, 5) is 12.2. The maximum absolute atomic E-state index is 13.8. The molecule has 0 saturated heterocycles. The minimum atomic E-state index is -5.01. The number of anilines is 1. The second kappa shape index (κ2) is 8.70. The Balaban J connectivity index is 1.80. The van der Waals surface area contributed by atoms with Crippen LogP contribution in [0, 0.1) is 5.82 Å². The number of hydrogen-bond donors (Lipinski definition) is 1. The average molecular weight is 478 g/mol. The minimum Gasteiger partial charge on any atom is -0.457 e. The number of alkyl halides is 6. The van der Waals surface area contributed by atoms with Crippen molar-refractivity contribution in [3.05, 3.63) is 88.2 Å². The van der Waals surface area contributed by atoms with Crippen molar-refractivity contribution in [1.29, 1.82) is 0 Å². The Kier molecular flexibility index (Phi) is 6.36. The highest BCUT2D eigenvalue weighted by molar-refractivity contribution is 6.31. The van der Waals surface area contributed by atoms with Crippen molar-refractivity contribution in [2.24, 2.45) is 0 Å². The summed E-state index contributed by atoms with van der Waals surface area (Å²) in [5.74, 6) is -2.39. The van der Waals surface area contributed by atoms with Gasteiger partial charge in [0.2, 0.25) is 0 Å². The van der Waals surface area contributed by atoms with Crippen molar-refractivity contribution >= 4 is 23.2 Å². The molecular formula is C21H11ClF7NO2. The van der Waals surface area contributed by atoms with Crippen molar-refractivity contribution < 1.29 is 40.3 Å². The van der Waals surface area contributed by atoms with Crippen LogP contribution >= 0.6 is 11.6 Å². The van der Waals surface area contributed by atoms with Crippen molar-refractivity contribution in [3.8, 4) is 11.5 Å². The van der Waals surface area contributed by atoms with Gasteiger partial charge in [0.15, 0.2) is 0 Å². The molecule has 0 fully saturated rings.